The number of nitrogens with one attached hydrogen (secondary N) is 1. The lowest BCUT2D eigenvalue weighted by molar-refractivity contribution is -0.138. The normalized spacial score (nSPS) is 11.7. The molecule has 2 rings (SSSR count). The van der Waals surface area contributed by atoms with Gasteiger partial charge < -0.3 is 15.2 Å². The van der Waals surface area contributed by atoms with E-state index in [1.54, 1.807) is 43.5 Å². The molecule has 0 spiro atoms. The Morgan fingerprint density at radius 1 is 1.15 bits per heavy atom. The molecule has 0 bridgehead atoms. The van der Waals surface area contributed by atoms with Crippen LogP contribution in [0.25, 0.3) is 0 Å². The standard InChI is InChI=1S/C15H14BrNO3/c1-20-13-8-6-12(7-9-13)17-14(15(18)19)10-2-4-11(16)5-3-10/h2-9,14,17H,1H3,(H,18,19). The van der Waals surface area contributed by atoms with Crippen molar-refractivity contribution in [2.75, 3.05) is 12.4 Å². The third-order valence-electron chi connectivity index (χ3n) is 2.85. The smallest absolute Gasteiger partial charge is 0.330 e. The highest BCUT2D eigenvalue weighted by Gasteiger charge is 2.19. The fraction of sp³-hybridized carbons (Fsp3) is 0.133. The van der Waals surface area contributed by atoms with Gasteiger partial charge in [0.15, 0.2) is 6.04 Å². The van der Waals surface area contributed by atoms with Crippen LogP contribution in [-0.2, 0) is 4.79 Å². The number of hydrogen-bond donors (Lipinski definition) is 2. The third-order valence-corrected chi connectivity index (χ3v) is 3.38. The molecular weight excluding hydrogens is 322 g/mol. The van der Waals surface area contributed by atoms with Gasteiger partial charge in [-0.3, -0.25) is 0 Å². The molecular formula is C15H14BrNO3. The van der Waals surface area contributed by atoms with Crippen molar-refractivity contribution in [2.45, 2.75) is 6.04 Å². The predicted octanol–water partition coefficient (Wildman–Crippen LogP) is 3.70. The highest BCUT2D eigenvalue weighted by molar-refractivity contribution is 9.10. The average Bonchev–Trinajstić information content (AvgIpc) is 2.46. The van der Waals surface area contributed by atoms with Crippen LogP contribution in [0.5, 0.6) is 5.75 Å². The number of carboxylic acid groups (broad SMARTS) is 1. The number of anilines is 1. The number of ether oxygens (including phenoxy) is 1. The number of hydrogen-bond acceptors (Lipinski definition) is 3. The van der Waals surface area contributed by atoms with Crippen molar-refractivity contribution >= 4 is 27.6 Å². The van der Waals surface area contributed by atoms with E-state index >= 15 is 0 Å². The molecule has 0 aliphatic heterocycles. The summed E-state index contributed by atoms with van der Waals surface area (Å²) in [5.74, 6) is -0.200. The number of methoxy groups -OCH3 is 1. The molecule has 4 nitrogen and oxygen atoms in total. The molecule has 1 atom stereocenters. The molecule has 104 valence electrons. The van der Waals surface area contributed by atoms with Crippen LogP contribution in [0.15, 0.2) is 53.0 Å². The van der Waals surface area contributed by atoms with Gasteiger partial charge in [0.2, 0.25) is 0 Å². The average molecular weight is 336 g/mol. The maximum absolute atomic E-state index is 11.4. The zero-order valence-corrected chi connectivity index (χ0v) is 12.4. The molecule has 0 aromatic heterocycles. The van der Waals surface area contributed by atoms with Crippen molar-refractivity contribution in [3.8, 4) is 5.75 Å². The third kappa shape index (κ3) is 3.51. The van der Waals surface area contributed by atoms with Gasteiger partial charge in [0.1, 0.15) is 5.75 Å². The maximum atomic E-state index is 11.4. The minimum atomic E-state index is -0.928. The number of halogens is 1. The van der Waals surface area contributed by atoms with Gasteiger partial charge in [-0.1, -0.05) is 28.1 Å². The van der Waals surface area contributed by atoms with Crippen LogP contribution in [-0.4, -0.2) is 18.2 Å². The Morgan fingerprint density at radius 3 is 2.25 bits per heavy atom. The fourth-order valence-electron chi connectivity index (χ4n) is 1.80. The van der Waals surface area contributed by atoms with Crippen LogP contribution in [0.3, 0.4) is 0 Å². The number of aliphatic carboxylic acids is 1. The zero-order chi connectivity index (χ0) is 14.5. The fourth-order valence-corrected chi connectivity index (χ4v) is 2.06. The van der Waals surface area contributed by atoms with Gasteiger partial charge in [-0.15, -0.1) is 0 Å². The van der Waals surface area contributed by atoms with Gasteiger partial charge in [-0.2, -0.15) is 0 Å². The molecule has 2 aromatic rings. The number of benzene rings is 2. The van der Waals surface area contributed by atoms with E-state index in [1.165, 1.54) is 0 Å². The quantitative estimate of drug-likeness (QED) is 0.874. The van der Waals surface area contributed by atoms with Gasteiger partial charge in [0.05, 0.1) is 7.11 Å². The molecule has 0 heterocycles. The van der Waals surface area contributed by atoms with Gasteiger partial charge >= 0.3 is 5.97 Å². The van der Waals surface area contributed by atoms with Crippen molar-refractivity contribution in [1.29, 1.82) is 0 Å². The van der Waals surface area contributed by atoms with Crippen LogP contribution in [0.1, 0.15) is 11.6 Å². The van der Waals surface area contributed by atoms with E-state index < -0.39 is 12.0 Å². The van der Waals surface area contributed by atoms with Crippen molar-refractivity contribution in [1.82, 2.24) is 0 Å². The second-order valence-corrected chi connectivity index (χ2v) is 5.11. The zero-order valence-electron chi connectivity index (χ0n) is 10.8. The second kappa shape index (κ2) is 6.43. The van der Waals surface area contributed by atoms with E-state index in [0.717, 1.165) is 15.9 Å². The van der Waals surface area contributed by atoms with Gasteiger partial charge in [-0.25, -0.2) is 4.79 Å². The lowest BCUT2D eigenvalue weighted by Gasteiger charge is -2.16. The summed E-state index contributed by atoms with van der Waals surface area (Å²) in [5.41, 5.74) is 1.41. The first kappa shape index (κ1) is 14.4. The van der Waals surface area contributed by atoms with E-state index in [2.05, 4.69) is 21.2 Å². The molecule has 1 unspecified atom stereocenters. The Bertz CT molecular complexity index is 581. The van der Waals surface area contributed by atoms with Crippen LogP contribution in [0, 0.1) is 0 Å². The summed E-state index contributed by atoms with van der Waals surface area (Å²) in [6.45, 7) is 0. The minimum absolute atomic E-state index is 0.691. The SMILES string of the molecule is COc1ccc(NC(C(=O)O)c2ccc(Br)cc2)cc1. The maximum Gasteiger partial charge on any atom is 0.330 e. The summed E-state index contributed by atoms with van der Waals surface area (Å²) in [6.07, 6.45) is 0. The number of rotatable bonds is 5. The lowest BCUT2D eigenvalue weighted by Crippen LogP contribution is -2.20. The molecule has 0 aliphatic rings. The molecule has 20 heavy (non-hydrogen) atoms. The van der Waals surface area contributed by atoms with Crippen molar-refractivity contribution in [2.24, 2.45) is 0 Å². The summed E-state index contributed by atoms with van der Waals surface area (Å²) in [7, 11) is 1.59. The van der Waals surface area contributed by atoms with Crippen molar-refractivity contribution in [3.05, 3.63) is 58.6 Å². The van der Waals surface area contributed by atoms with Crippen LogP contribution in [0.4, 0.5) is 5.69 Å². The summed E-state index contributed by atoms with van der Waals surface area (Å²) >= 11 is 3.33. The van der Waals surface area contributed by atoms with E-state index in [0.29, 0.717) is 5.56 Å². The van der Waals surface area contributed by atoms with Crippen LogP contribution in [0.2, 0.25) is 0 Å². The van der Waals surface area contributed by atoms with Crippen molar-refractivity contribution in [3.63, 3.8) is 0 Å². The summed E-state index contributed by atoms with van der Waals surface area (Å²) < 4.78 is 5.98. The molecule has 0 fully saturated rings. The predicted molar refractivity (Wildman–Crippen MR) is 81.1 cm³/mol. The Kier molecular flexibility index (Phi) is 4.63. The first-order valence-electron chi connectivity index (χ1n) is 5.99. The second-order valence-electron chi connectivity index (χ2n) is 4.20. The Balaban J connectivity index is 2.20. The highest BCUT2D eigenvalue weighted by atomic mass is 79.9. The molecule has 0 aliphatic carbocycles. The molecule has 5 heteroatoms. The molecule has 0 saturated heterocycles. The Labute approximate surface area is 125 Å². The van der Waals surface area contributed by atoms with Crippen LogP contribution < -0.4 is 10.1 Å². The number of carboxylic acids is 1. The summed E-state index contributed by atoms with van der Waals surface area (Å²) in [4.78, 5) is 11.4. The van der Waals surface area contributed by atoms with Gasteiger partial charge in [0.25, 0.3) is 0 Å². The van der Waals surface area contributed by atoms with E-state index in [9.17, 15) is 9.90 Å². The number of carbonyl (C=O) groups is 1. The first-order chi connectivity index (χ1) is 9.60. The Hall–Kier alpha value is -2.01. The lowest BCUT2D eigenvalue weighted by atomic mass is 10.1. The van der Waals surface area contributed by atoms with Gasteiger partial charge in [-0.05, 0) is 42.0 Å². The first-order valence-corrected chi connectivity index (χ1v) is 6.78. The molecule has 2 N–H and O–H groups in total. The Morgan fingerprint density at radius 2 is 1.75 bits per heavy atom. The summed E-state index contributed by atoms with van der Waals surface area (Å²) in [6, 6.07) is 13.5. The van der Waals surface area contributed by atoms with E-state index in [1.807, 2.05) is 12.1 Å². The molecule has 2 aromatic carbocycles. The van der Waals surface area contributed by atoms with Crippen LogP contribution >= 0.6 is 15.9 Å². The van der Waals surface area contributed by atoms with Crippen molar-refractivity contribution < 1.29 is 14.6 Å². The molecule has 0 saturated carbocycles. The highest BCUT2D eigenvalue weighted by Crippen LogP contribution is 2.23. The monoisotopic (exact) mass is 335 g/mol. The summed E-state index contributed by atoms with van der Waals surface area (Å²) in [5, 5.41) is 12.4. The topological polar surface area (TPSA) is 58.6 Å². The molecule has 0 radical (unpaired) electrons. The van der Waals surface area contributed by atoms with E-state index in [-0.39, 0.29) is 0 Å². The largest absolute Gasteiger partial charge is 0.497 e. The van der Waals surface area contributed by atoms with E-state index in [4.69, 9.17) is 4.74 Å². The molecule has 0 amide bonds. The van der Waals surface area contributed by atoms with Gasteiger partial charge in [0, 0.05) is 10.2 Å². The minimum Gasteiger partial charge on any atom is -0.497 e.